The van der Waals surface area contributed by atoms with Gasteiger partial charge in [-0.25, -0.2) is 0 Å². The molecule has 0 radical (unpaired) electrons. The molecular weight excluding hydrogens is 236 g/mol. The summed E-state index contributed by atoms with van der Waals surface area (Å²) in [5, 5.41) is 9.80. The number of hydrogen-bond donors (Lipinski definition) is 1. The molecule has 1 fully saturated rings. The van der Waals surface area contributed by atoms with Gasteiger partial charge < -0.3 is 5.11 Å². The van der Waals surface area contributed by atoms with Crippen molar-refractivity contribution >= 4 is 17.6 Å². The lowest BCUT2D eigenvalue weighted by Gasteiger charge is -2.42. The van der Waals surface area contributed by atoms with Crippen LogP contribution in [0.1, 0.15) is 38.2 Å². The van der Waals surface area contributed by atoms with Crippen LogP contribution >= 0.6 is 11.6 Å². The molecule has 2 nitrogen and oxygen atoms in total. The van der Waals surface area contributed by atoms with Crippen molar-refractivity contribution in [3.8, 4) is 0 Å². The second kappa shape index (κ2) is 4.69. The van der Waals surface area contributed by atoms with Crippen molar-refractivity contribution in [1.29, 1.82) is 0 Å². The quantitative estimate of drug-likeness (QED) is 0.883. The number of carbonyl (C=O) groups is 1. The fraction of sp³-hybridized carbons (Fsp3) is 0.500. The van der Waals surface area contributed by atoms with Gasteiger partial charge in [-0.1, -0.05) is 37.1 Å². The standard InChI is InChI=1S/C14H17ClO2/c1-14(9-13(16)17,10-3-2-4-10)11-5-7-12(15)8-6-11/h5-8,10H,2-4,9H2,1H3,(H,16,17). The maximum absolute atomic E-state index is 11.1. The summed E-state index contributed by atoms with van der Waals surface area (Å²) in [6, 6.07) is 7.61. The monoisotopic (exact) mass is 252 g/mol. The molecule has 1 aliphatic rings. The molecule has 0 saturated heterocycles. The van der Waals surface area contributed by atoms with E-state index in [0.717, 1.165) is 18.4 Å². The molecule has 0 aromatic heterocycles. The first-order valence-electron chi connectivity index (χ1n) is 6.00. The van der Waals surface area contributed by atoms with Crippen molar-refractivity contribution in [2.75, 3.05) is 0 Å². The van der Waals surface area contributed by atoms with E-state index in [1.165, 1.54) is 6.42 Å². The largest absolute Gasteiger partial charge is 0.481 e. The molecule has 1 aliphatic carbocycles. The molecule has 0 bridgehead atoms. The van der Waals surface area contributed by atoms with Gasteiger partial charge in [0.1, 0.15) is 0 Å². The average Bonchev–Trinajstić information content (AvgIpc) is 2.13. The molecule has 92 valence electrons. The molecule has 0 aliphatic heterocycles. The highest BCUT2D eigenvalue weighted by Gasteiger charge is 2.40. The van der Waals surface area contributed by atoms with Crippen LogP contribution in [-0.4, -0.2) is 11.1 Å². The zero-order valence-electron chi connectivity index (χ0n) is 9.95. The highest BCUT2D eigenvalue weighted by molar-refractivity contribution is 6.30. The summed E-state index contributed by atoms with van der Waals surface area (Å²) in [5.74, 6) is -0.242. The smallest absolute Gasteiger partial charge is 0.304 e. The van der Waals surface area contributed by atoms with Crippen molar-refractivity contribution in [1.82, 2.24) is 0 Å². The van der Waals surface area contributed by atoms with Gasteiger partial charge in [0.05, 0.1) is 6.42 Å². The van der Waals surface area contributed by atoms with Crippen LogP contribution in [0.4, 0.5) is 0 Å². The van der Waals surface area contributed by atoms with Crippen molar-refractivity contribution in [2.45, 2.75) is 38.0 Å². The van der Waals surface area contributed by atoms with Crippen LogP contribution in [-0.2, 0) is 10.2 Å². The third-order valence-corrected chi connectivity index (χ3v) is 4.28. The third kappa shape index (κ3) is 2.47. The lowest BCUT2D eigenvalue weighted by molar-refractivity contribution is -0.139. The fourth-order valence-corrected chi connectivity index (χ4v) is 2.80. The first-order valence-corrected chi connectivity index (χ1v) is 6.38. The van der Waals surface area contributed by atoms with Crippen LogP contribution < -0.4 is 0 Å². The Balaban J connectivity index is 2.31. The Morgan fingerprint density at radius 2 is 2.00 bits per heavy atom. The topological polar surface area (TPSA) is 37.3 Å². The Kier molecular flexibility index (Phi) is 3.43. The van der Waals surface area contributed by atoms with E-state index >= 15 is 0 Å². The zero-order valence-corrected chi connectivity index (χ0v) is 10.7. The molecule has 2 rings (SSSR count). The van der Waals surface area contributed by atoms with E-state index in [1.54, 1.807) is 0 Å². The van der Waals surface area contributed by atoms with Crippen LogP contribution in [0.15, 0.2) is 24.3 Å². The minimum absolute atomic E-state index is 0.194. The van der Waals surface area contributed by atoms with Gasteiger partial charge in [-0.15, -0.1) is 0 Å². The summed E-state index contributed by atoms with van der Waals surface area (Å²) < 4.78 is 0. The van der Waals surface area contributed by atoms with E-state index in [2.05, 4.69) is 6.92 Å². The summed E-state index contributed by atoms with van der Waals surface area (Å²) in [6.45, 7) is 2.06. The van der Waals surface area contributed by atoms with Crippen LogP contribution in [0, 0.1) is 5.92 Å². The van der Waals surface area contributed by atoms with Crippen LogP contribution in [0.3, 0.4) is 0 Å². The van der Waals surface area contributed by atoms with Crippen molar-refractivity contribution in [3.63, 3.8) is 0 Å². The zero-order chi connectivity index (χ0) is 12.5. The van der Waals surface area contributed by atoms with Crippen molar-refractivity contribution in [2.24, 2.45) is 5.92 Å². The SMILES string of the molecule is CC(CC(=O)O)(c1ccc(Cl)cc1)C1CCC1. The van der Waals surface area contributed by atoms with E-state index in [9.17, 15) is 4.79 Å². The normalized spacial score (nSPS) is 19.4. The number of halogens is 1. The molecule has 1 saturated carbocycles. The molecule has 0 spiro atoms. The lowest BCUT2D eigenvalue weighted by Crippen LogP contribution is -2.38. The van der Waals surface area contributed by atoms with Crippen molar-refractivity contribution in [3.05, 3.63) is 34.9 Å². The number of hydrogen-bond acceptors (Lipinski definition) is 1. The Labute approximate surface area is 107 Å². The van der Waals surface area contributed by atoms with Crippen molar-refractivity contribution < 1.29 is 9.90 Å². The first kappa shape index (κ1) is 12.4. The van der Waals surface area contributed by atoms with Gasteiger partial charge in [-0.05, 0) is 36.5 Å². The molecule has 0 amide bonds. The van der Waals surface area contributed by atoms with E-state index in [0.29, 0.717) is 10.9 Å². The summed E-state index contributed by atoms with van der Waals surface area (Å²) in [4.78, 5) is 11.1. The molecule has 1 atom stereocenters. The van der Waals surface area contributed by atoms with Gasteiger partial charge in [0.25, 0.3) is 0 Å². The third-order valence-electron chi connectivity index (χ3n) is 4.03. The molecular formula is C14H17ClO2. The summed E-state index contributed by atoms with van der Waals surface area (Å²) in [7, 11) is 0. The molecule has 1 N–H and O–H groups in total. The van der Waals surface area contributed by atoms with E-state index < -0.39 is 5.97 Å². The highest BCUT2D eigenvalue weighted by Crippen LogP contribution is 2.46. The Morgan fingerprint density at radius 3 is 2.41 bits per heavy atom. The predicted molar refractivity (Wildman–Crippen MR) is 68.4 cm³/mol. The molecule has 1 aromatic carbocycles. The van der Waals surface area contributed by atoms with E-state index in [4.69, 9.17) is 16.7 Å². The second-order valence-electron chi connectivity index (χ2n) is 5.12. The predicted octanol–water partition coefficient (Wildman–Crippen LogP) is 3.87. The Bertz CT molecular complexity index is 409. The van der Waals surface area contributed by atoms with Crippen LogP contribution in [0.25, 0.3) is 0 Å². The summed E-state index contributed by atoms with van der Waals surface area (Å²) in [5.41, 5.74) is 0.836. The lowest BCUT2D eigenvalue weighted by atomic mass is 9.61. The molecule has 1 aromatic rings. The minimum Gasteiger partial charge on any atom is -0.481 e. The number of carboxylic acid groups (broad SMARTS) is 1. The second-order valence-corrected chi connectivity index (χ2v) is 5.56. The summed E-state index contributed by atoms with van der Waals surface area (Å²) in [6.07, 6.45) is 3.67. The maximum Gasteiger partial charge on any atom is 0.304 e. The van der Waals surface area contributed by atoms with Gasteiger partial charge in [0.2, 0.25) is 0 Å². The summed E-state index contributed by atoms with van der Waals surface area (Å²) >= 11 is 5.88. The molecule has 17 heavy (non-hydrogen) atoms. The number of carboxylic acids is 1. The Hall–Kier alpha value is -1.02. The molecule has 1 unspecified atom stereocenters. The Morgan fingerprint density at radius 1 is 1.41 bits per heavy atom. The number of aliphatic carboxylic acids is 1. The minimum atomic E-state index is -0.727. The first-order chi connectivity index (χ1) is 8.02. The van der Waals surface area contributed by atoms with Gasteiger partial charge in [-0.2, -0.15) is 0 Å². The number of rotatable bonds is 4. The van der Waals surface area contributed by atoms with Gasteiger partial charge >= 0.3 is 5.97 Å². The fourth-order valence-electron chi connectivity index (χ4n) is 2.67. The number of benzene rings is 1. The molecule has 0 heterocycles. The van der Waals surface area contributed by atoms with Crippen LogP contribution in [0.5, 0.6) is 0 Å². The van der Waals surface area contributed by atoms with Gasteiger partial charge in [-0.3, -0.25) is 4.79 Å². The molecule has 3 heteroatoms. The van der Waals surface area contributed by atoms with E-state index in [-0.39, 0.29) is 11.8 Å². The average molecular weight is 253 g/mol. The van der Waals surface area contributed by atoms with E-state index in [1.807, 2.05) is 24.3 Å². The van der Waals surface area contributed by atoms with Gasteiger partial charge in [0.15, 0.2) is 0 Å². The maximum atomic E-state index is 11.1. The van der Waals surface area contributed by atoms with Crippen LogP contribution in [0.2, 0.25) is 5.02 Å². The highest BCUT2D eigenvalue weighted by atomic mass is 35.5. The van der Waals surface area contributed by atoms with Gasteiger partial charge in [0, 0.05) is 10.4 Å².